The Morgan fingerprint density at radius 3 is 3.00 bits per heavy atom. The third-order valence-electron chi connectivity index (χ3n) is 1.23. The molecule has 0 atom stereocenters. The zero-order valence-corrected chi connectivity index (χ0v) is 6.03. The number of nitrogens with two attached hydrogens (primary N) is 1. The lowest BCUT2D eigenvalue weighted by Crippen LogP contribution is -1.95. The van der Waals surface area contributed by atoms with Crippen LogP contribution in [0.3, 0.4) is 0 Å². The number of nitrogen functional groups attached to an aromatic ring is 1. The molecule has 0 aliphatic rings. The standard InChI is InChI=1S/C7H7N3O/c1-11-6-2-5(3-8)4-10-7(6)9/h2,4H,1H3,(H2,9,10). The molecule has 0 unspecified atom stereocenters. The lowest BCUT2D eigenvalue weighted by Gasteiger charge is -2.01. The Kier molecular flexibility index (Phi) is 1.93. The molecule has 4 nitrogen and oxygen atoms in total. The summed E-state index contributed by atoms with van der Waals surface area (Å²) in [7, 11) is 1.48. The molecule has 0 amide bonds. The van der Waals surface area contributed by atoms with Crippen LogP contribution in [0.25, 0.3) is 0 Å². The van der Waals surface area contributed by atoms with Gasteiger partial charge in [0.2, 0.25) is 0 Å². The highest BCUT2D eigenvalue weighted by Crippen LogP contribution is 2.18. The first-order chi connectivity index (χ1) is 5.27. The van der Waals surface area contributed by atoms with Crippen LogP contribution < -0.4 is 10.5 Å². The molecule has 1 aromatic rings. The first-order valence-electron chi connectivity index (χ1n) is 2.97. The highest BCUT2D eigenvalue weighted by Gasteiger charge is 2.00. The molecular formula is C7H7N3O. The smallest absolute Gasteiger partial charge is 0.166 e. The predicted molar refractivity (Wildman–Crippen MR) is 39.9 cm³/mol. The van der Waals surface area contributed by atoms with Gasteiger partial charge in [0.25, 0.3) is 0 Å². The summed E-state index contributed by atoms with van der Waals surface area (Å²) in [5, 5.41) is 8.46. The van der Waals surface area contributed by atoms with Gasteiger partial charge in [0.05, 0.1) is 12.7 Å². The van der Waals surface area contributed by atoms with E-state index in [0.717, 1.165) is 0 Å². The number of aromatic nitrogens is 1. The lowest BCUT2D eigenvalue weighted by atomic mass is 10.3. The van der Waals surface area contributed by atoms with Crippen LogP contribution in [0.1, 0.15) is 5.56 Å². The Morgan fingerprint density at radius 1 is 1.73 bits per heavy atom. The maximum atomic E-state index is 8.46. The first-order valence-corrected chi connectivity index (χ1v) is 2.97. The number of hydrogen-bond acceptors (Lipinski definition) is 4. The maximum absolute atomic E-state index is 8.46. The Morgan fingerprint density at radius 2 is 2.45 bits per heavy atom. The number of rotatable bonds is 1. The van der Waals surface area contributed by atoms with Gasteiger partial charge in [0, 0.05) is 12.3 Å². The van der Waals surface area contributed by atoms with Crippen molar-refractivity contribution in [3.63, 3.8) is 0 Å². The zero-order chi connectivity index (χ0) is 8.27. The van der Waals surface area contributed by atoms with Crippen molar-refractivity contribution in [2.24, 2.45) is 0 Å². The van der Waals surface area contributed by atoms with Gasteiger partial charge in [-0.05, 0) is 0 Å². The van der Waals surface area contributed by atoms with Crippen LogP contribution in [0.4, 0.5) is 5.82 Å². The van der Waals surface area contributed by atoms with Crippen LogP contribution in [0, 0.1) is 11.3 Å². The Bertz CT molecular complexity index is 303. The van der Waals surface area contributed by atoms with Gasteiger partial charge in [-0.1, -0.05) is 0 Å². The average Bonchev–Trinajstić information content (AvgIpc) is 2.05. The number of nitriles is 1. The summed E-state index contributed by atoms with van der Waals surface area (Å²) < 4.78 is 4.85. The molecule has 0 spiro atoms. The number of ether oxygens (including phenoxy) is 1. The van der Waals surface area contributed by atoms with Crippen molar-refractivity contribution in [1.82, 2.24) is 4.98 Å². The van der Waals surface area contributed by atoms with Gasteiger partial charge in [-0.15, -0.1) is 0 Å². The van der Waals surface area contributed by atoms with E-state index in [9.17, 15) is 0 Å². The van der Waals surface area contributed by atoms with Crippen molar-refractivity contribution in [2.75, 3.05) is 12.8 Å². The third-order valence-corrected chi connectivity index (χ3v) is 1.23. The van der Waals surface area contributed by atoms with Gasteiger partial charge in [-0.2, -0.15) is 5.26 Å². The van der Waals surface area contributed by atoms with Crippen molar-refractivity contribution in [3.05, 3.63) is 17.8 Å². The average molecular weight is 149 g/mol. The minimum Gasteiger partial charge on any atom is -0.493 e. The summed E-state index contributed by atoms with van der Waals surface area (Å²) >= 11 is 0. The molecule has 0 saturated heterocycles. The SMILES string of the molecule is COc1cc(C#N)cnc1N. The predicted octanol–water partition coefficient (Wildman–Crippen LogP) is 0.544. The van der Waals surface area contributed by atoms with Gasteiger partial charge in [0.15, 0.2) is 11.6 Å². The molecule has 0 aliphatic heterocycles. The van der Waals surface area contributed by atoms with Crippen molar-refractivity contribution in [1.29, 1.82) is 5.26 Å². The van der Waals surface area contributed by atoms with E-state index in [1.807, 2.05) is 6.07 Å². The van der Waals surface area contributed by atoms with Crippen LogP contribution >= 0.6 is 0 Å². The number of anilines is 1. The van der Waals surface area contributed by atoms with Crippen molar-refractivity contribution < 1.29 is 4.74 Å². The Labute approximate surface area is 64.2 Å². The molecule has 0 saturated carbocycles. The molecule has 0 fully saturated rings. The topological polar surface area (TPSA) is 71.9 Å². The minimum atomic E-state index is 0.298. The summed E-state index contributed by atoms with van der Waals surface area (Å²) in [6.45, 7) is 0. The van der Waals surface area contributed by atoms with Crippen LogP contribution in [0.15, 0.2) is 12.3 Å². The molecule has 11 heavy (non-hydrogen) atoms. The normalized spacial score (nSPS) is 8.73. The largest absolute Gasteiger partial charge is 0.493 e. The fourth-order valence-electron chi connectivity index (χ4n) is 0.680. The molecule has 0 aromatic carbocycles. The number of hydrogen-bond donors (Lipinski definition) is 1. The third kappa shape index (κ3) is 1.38. The Balaban J connectivity index is 3.15. The number of methoxy groups -OCH3 is 1. The van der Waals surface area contributed by atoms with Crippen molar-refractivity contribution in [3.8, 4) is 11.8 Å². The van der Waals surface area contributed by atoms with E-state index in [-0.39, 0.29) is 0 Å². The molecule has 4 heteroatoms. The molecule has 1 aromatic heterocycles. The van der Waals surface area contributed by atoms with Gasteiger partial charge in [-0.25, -0.2) is 4.98 Å². The van der Waals surface area contributed by atoms with Gasteiger partial charge < -0.3 is 10.5 Å². The number of nitrogens with zero attached hydrogens (tertiary/aromatic N) is 2. The summed E-state index contributed by atoms with van der Waals surface area (Å²) in [5.74, 6) is 0.732. The summed E-state index contributed by atoms with van der Waals surface area (Å²) in [6.07, 6.45) is 1.40. The zero-order valence-electron chi connectivity index (χ0n) is 6.03. The quantitative estimate of drug-likeness (QED) is 0.632. The van der Waals surface area contributed by atoms with E-state index < -0.39 is 0 Å². The monoisotopic (exact) mass is 149 g/mol. The molecule has 0 aliphatic carbocycles. The molecule has 0 radical (unpaired) electrons. The lowest BCUT2D eigenvalue weighted by molar-refractivity contribution is 0.415. The second kappa shape index (κ2) is 2.88. The van der Waals surface area contributed by atoms with E-state index in [2.05, 4.69) is 4.98 Å². The van der Waals surface area contributed by atoms with Crippen molar-refractivity contribution in [2.45, 2.75) is 0 Å². The van der Waals surface area contributed by atoms with Crippen LogP contribution in [0.2, 0.25) is 0 Å². The summed E-state index contributed by atoms with van der Waals surface area (Å²) in [4.78, 5) is 3.75. The van der Waals surface area contributed by atoms with Gasteiger partial charge in [-0.3, -0.25) is 0 Å². The number of pyridine rings is 1. The van der Waals surface area contributed by atoms with Gasteiger partial charge >= 0.3 is 0 Å². The minimum absolute atomic E-state index is 0.298. The van der Waals surface area contributed by atoms with Crippen LogP contribution in [-0.4, -0.2) is 12.1 Å². The van der Waals surface area contributed by atoms with E-state index in [4.69, 9.17) is 15.7 Å². The van der Waals surface area contributed by atoms with E-state index in [1.165, 1.54) is 13.3 Å². The molecule has 1 rings (SSSR count). The fourth-order valence-corrected chi connectivity index (χ4v) is 0.680. The second-order valence-electron chi connectivity index (χ2n) is 1.92. The maximum Gasteiger partial charge on any atom is 0.166 e. The van der Waals surface area contributed by atoms with Gasteiger partial charge in [0.1, 0.15) is 6.07 Å². The van der Waals surface area contributed by atoms with Crippen molar-refractivity contribution >= 4 is 5.82 Å². The Hall–Kier alpha value is -1.76. The summed E-state index contributed by atoms with van der Waals surface area (Å²) in [5.41, 5.74) is 5.85. The highest BCUT2D eigenvalue weighted by atomic mass is 16.5. The molecular weight excluding hydrogens is 142 g/mol. The molecule has 56 valence electrons. The van der Waals surface area contributed by atoms with E-state index in [0.29, 0.717) is 17.1 Å². The van der Waals surface area contributed by atoms with Crippen LogP contribution in [0.5, 0.6) is 5.75 Å². The van der Waals surface area contributed by atoms with Crippen LogP contribution in [-0.2, 0) is 0 Å². The van der Waals surface area contributed by atoms with E-state index in [1.54, 1.807) is 6.07 Å². The second-order valence-corrected chi connectivity index (χ2v) is 1.92. The molecule has 1 heterocycles. The highest BCUT2D eigenvalue weighted by molar-refractivity contribution is 5.49. The first kappa shape index (κ1) is 7.35. The summed E-state index contributed by atoms with van der Waals surface area (Å²) in [6, 6.07) is 3.47. The molecule has 0 bridgehead atoms. The molecule has 2 N–H and O–H groups in total. The van der Waals surface area contributed by atoms with E-state index >= 15 is 0 Å². The fraction of sp³-hybridized carbons (Fsp3) is 0.143.